The topological polar surface area (TPSA) is 4.36 Å². The summed E-state index contributed by atoms with van der Waals surface area (Å²) < 4.78 is 3.07. The molecule has 0 unspecified atom stereocenters. The minimum absolute atomic E-state index is 1.66. The van der Waals surface area contributed by atoms with Gasteiger partial charge in [0.05, 0.1) is 6.92 Å². The van der Waals surface area contributed by atoms with Gasteiger partial charge in [-0.3, -0.25) is 12.8 Å². The van der Waals surface area contributed by atoms with Crippen molar-refractivity contribution in [3.05, 3.63) is 4.25 Å². The van der Waals surface area contributed by atoms with Gasteiger partial charge in [0.1, 0.15) is 0 Å². The first-order valence-corrected chi connectivity index (χ1v) is 1.27. The van der Waals surface area contributed by atoms with Crippen LogP contribution in [0.4, 0.5) is 0 Å². The number of nitrogens with zero attached hydrogens (tertiary/aromatic N) is 1. The molecule has 0 heterocycles. The predicted molar refractivity (Wildman–Crippen MR) is 20.3 cm³/mol. The summed E-state index contributed by atoms with van der Waals surface area (Å²) in [7, 11) is 0. The Labute approximate surface area is 31.0 Å². The Balaban J connectivity index is 2.83. The SMILES string of the molecule is CC#[N+][S-]. The highest BCUT2D eigenvalue weighted by molar-refractivity contribution is 7.61. The molecule has 0 bridgehead atoms. The Morgan fingerprint density at radius 1 is 2.00 bits per heavy atom. The van der Waals surface area contributed by atoms with Crippen molar-refractivity contribution < 1.29 is 0 Å². The number of hydrogen-bond acceptors (Lipinski definition) is 1. The molecule has 4 heavy (non-hydrogen) atoms. The van der Waals surface area contributed by atoms with Gasteiger partial charge in [-0.05, 0) is 0 Å². The molecular weight excluding hydrogens is 70.1 g/mol. The molecule has 1 nitrogen and oxygen atoms in total. The van der Waals surface area contributed by atoms with Crippen molar-refractivity contribution in [3.8, 4) is 6.07 Å². The lowest BCUT2D eigenvalue weighted by atomic mass is 11.0. The average molecular weight is 73.1 g/mol. The Kier molecular flexibility index (Phi) is 2.51. The van der Waals surface area contributed by atoms with E-state index in [1.165, 1.54) is 0 Å². The quantitative estimate of drug-likeness (QED) is 0.384. The van der Waals surface area contributed by atoms with Gasteiger partial charge >= 0.3 is 0 Å². The number of rotatable bonds is 0. The van der Waals surface area contributed by atoms with Crippen LogP contribution in [0.3, 0.4) is 0 Å². The third-order valence-electron chi connectivity index (χ3n) is 0.0913. The average Bonchev–Trinajstić information content (AvgIpc) is 1.37. The molecule has 0 aliphatic rings. The molecule has 0 aliphatic heterocycles. The molecule has 0 atom stereocenters. The minimum atomic E-state index is 1.66. The first kappa shape index (κ1) is 3.71. The molecule has 0 rings (SSSR count). The van der Waals surface area contributed by atoms with E-state index in [1.807, 2.05) is 0 Å². The van der Waals surface area contributed by atoms with Gasteiger partial charge in [0, 0.05) is 0 Å². The van der Waals surface area contributed by atoms with E-state index >= 15 is 0 Å². The Morgan fingerprint density at radius 3 is 2.25 bits per heavy atom. The van der Waals surface area contributed by atoms with Crippen LogP contribution in [0, 0.1) is 6.07 Å². The molecule has 0 aromatic carbocycles. The van der Waals surface area contributed by atoms with E-state index in [1.54, 1.807) is 6.92 Å². The van der Waals surface area contributed by atoms with Crippen LogP contribution >= 0.6 is 0 Å². The first-order chi connectivity index (χ1) is 1.91. The van der Waals surface area contributed by atoms with Crippen LogP contribution in [-0.4, -0.2) is 0 Å². The van der Waals surface area contributed by atoms with Gasteiger partial charge in [0.25, 0.3) is 0 Å². The zero-order valence-corrected chi connectivity index (χ0v) is 3.17. The van der Waals surface area contributed by atoms with E-state index < -0.39 is 0 Å². The fraction of sp³-hybridized carbons (Fsp3) is 0.500. The lowest BCUT2D eigenvalue weighted by molar-refractivity contribution is 1.92. The molecule has 0 N–H and O–H groups in total. The third kappa shape index (κ3) is 1.71. The van der Waals surface area contributed by atoms with Gasteiger partial charge in [-0.2, -0.15) is 4.25 Å². The Hall–Kier alpha value is -0.290. The number of hydrogen-bond donors (Lipinski definition) is 0. The van der Waals surface area contributed by atoms with E-state index in [0.29, 0.717) is 0 Å². The second kappa shape index (κ2) is 2.71. The van der Waals surface area contributed by atoms with Gasteiger partial charge in [-0.25, -0.2) is 0 Å². The second-order valence-electron chi connectivity index (χ2n) is 0.315. The van der Waals surface area contributed by atoms with Crippen molar-refractivity contribution in [1.29, 1.82) is 0 Å². The van der Waals surface area contributed by atoms with Gasteiger partial charge in [0.2, 0.25) is 6.07 Å². The maximum Gasteiger partial charge on any atom is 0.249 e. The molecule has 2 heteroatoms. The van der Waals surface area contributed by atoms with E-state index in [0.717, 1.165) is 0 Å². The van der Waals surface area contributed by atoms with Gasteiger partial charge in [-0.1, -0.05) is 0 Å². The van der Waals surface area contributed by atoms with Crippen molar-refractivity contribution in [2.45, 2.75) is 6.92 Å². The summed E-state index contributed by atoms with van der Waals surface area (Å²) in [5, 5.41) is 0. The van der Waals surface area contributed by atoms with Gasteiger partial charge in [0.15, 0.2) is 0 Å². The van der Waals surface area contributed by atoms with Crippen molar-refractivity contribution in [3.63, 3.8) is 0 Å². The Morgan fingerprint density at radius 2 is 2.25 bits per heavy atom. The van der Waals surface area contributed by atoms with Crippen molar-refractivity contribution in [2.75, 3.05) is 0 Å². The summed E-state index contributed by atoms with van der Waals surface area (Å²) in [5.41, 5.74) is 0. The van der Waals surface area contributed by atoms with Crippen LogP contribution < -0.4 is 0 Å². The molecule has 0 spiro atoms. The predicted octanol–water partition coefficient (Wildman–Crippen LogP) is 0.801. The van der Waals surface area contributed by atoms with Gasteiger partial charge < -0.3 is 0 Å². The van der Waals surface area contributed by atoms with Crippen molar-refractivity contribution in [1.82, 2.24) is 0 Å². The first-order valence-electron chi connectivity index (χ1n) is 0.906. The summed E-state index contributed by atoms with van der Waals surface area (Å²) in [5.74, 6) is 0. The highest BCUT2D eigenvalue weighted by Crippen LogP contribution is 1.46. The molecule has 0 fully saturated rings. The van der Waals surface area contributed by atoms with Crippen LogP contribution in [0.5, 0.6) is 0 Å². The smallest absolute Gasteiger partial charge is 0.249 e. The van der Waals surface area contributed by atoms with E-state index in [4.69, 9.17) is 0 Å². The zero-order valence-electron chi connectivity index (χ0n) is 2.36. The Bertz CT molecular complexity index is 42.8. The lowest BCUT2D eigenvalue weighted by Gasteiger charge is -1.40. The van der Waals surface area contributed by atoms with Gasteiger partial charge in [-0.15, -0.1) is 0 Å². The normalized spacial score (nSPS) is 3.25. The van der Waals surface area contributed by atoms with Crippen LogP contribution in [0.15, 0.2) is 0 Å². The molecule has 0 aromatic heterocycles. The maximum absolute atomic E-state index is 4.07. The van der Waals surface area contributed by atoms with Crippen LogP contribution in [-0.2, 0) is 12.8 Å². The lowest BCUT2D eigenvalue weighted by Crippen LogP contribution is -1.22. The standard InChI is InChI=1S/C2H3NS/c1-2-3-4/h1H3. The summed E-state index contributed by atoms with van der Waals surface area (Å²) in [6, 6.07) is 2.37. The molecule has 0 radical (unpaired) electrons. The molecule has 0 aromatic rings. The van der Waals surface area contributed by atoms with Crippen molar-refractivity contribution in [2.24, 2.45) is 0 Å². The molecule has 0 aliphatic carbocycles. The van der Waals surface area contributed by atoms with E-state index in [2.05, 4.69) is 23.1 Å². The molecular formula is C2H3NS. The molecule has 22 valence electrons. The highest BCUT2D eigenvalue weighted by atomic mass is 32.1. The molecule has 0 saturated heterocycles. The largest absolute Gasteiger partial charge is 0.264 e. The third-order valence-corrected chi connectivity index (χ3v) is 0.274. The van der Waals surface area contributed by atoms with Crippen molar-refractivity contribution >= 4 is 12.8 Å². The van der Waals surface area contributed by atoms with Crippen LogP contribution in [0.2, 0.25) is 0 Å². The summed E-state index contributed by atoms with van der Waals surface area (Å²) >= 11 is 4.07. The maximum atomic E-state index is 4.07. The highest BCUT2D eigenvalue weighted by Gasteiger charge is 1.37. The zero-order chi connectivity index (χ0) is 3.41. The van der Waals surface area contributed by atoms with E-state index in [9.17, 15) is 0 Å². The second-order valence-corrected chi connectivity index (χ2v) is 0.497. The minimum Gasteiger partial charge on any atom is -0.264 e. The van der Waals surface area contributed by atoms with Crippen LogP contribution in [0.1, 0.15) is 6.92 Å². The van der Waals surface area contributed by atoms with Crippen LogP contribution in [0.25, 0.3) is 4.25 Å². The van der Waals surface area contributed by atoms with E-state index in [-0.39, 0.29) is 0 Å². The fourth-order valence-corrected chi connectivity index (χ4v) is 0. The summed E-state index contributed by atoms with van der Waals surface area (Å²) in [6.45, 7) is 1.66. The molecule has 0 amide bonds. The summed E-state index contributed by atoms with van der Waals surface area (Å²) in [4.78, 5) is 0. The molecule has 0 saturated carbocycles. The fourth-order valence-electron chi connectivity index (χ4n) is 0. The monoisotopic (exact) mass is 73.0 g/mol. The summed E-state index contributed by atoms with van der Waals surface area (Å²) in [6.07, 6.45) is 0.